The topological polar surface area (TPSA) is 46.0 Å². The molecule has 0 bridgehead atoms. The van der Waals surface area contributed by atoms with Crippen LogP contribution in [0, 0.1) is 0 Å². The van der Waals surface area contributed by atoms with Crippen molar-refractivity contribution >= 4 is 17.1 Å². The molecule has 0 spiro atoms. The average molecular weight is 200 g/mol. The van der Waals surface area contributed by atoms with Crippen LogP contribution in [0.25, 0.3) is 17.1 Å². The van der Waals surface area contributed by atoms with E-state index in [1.807, 2.05) is 24.3 Å². The summed E-state index contributed by atoms with van der Waals surface area (Å²) in [6.07, 6.45) is 4.68. The van der Waals surface area contributed by atoms with Crippen LogP contribution in [-0.4, -0.2) is 21.2 Å². The molecular formula is C12H12N2O. The van der Waals surface area contributed by atoms with Crippen molar-refractivity contribution < 1.29 is 5.11 Å². The lowest BCUT2D eigenvalue weighted by atomic mass is 10.2. The van der Waals surface area contributed by atoms with Crippen molar-refractivity contribution in [1.82, 2.24) is 9.97 Å². The van der Waals surface area contributed by atoms with Gasteiger partial charge < -0.3 is 5.11 Å². The highest BCUT2D eigenvalue weighted by atomic mass is 16.3. The van der Waals surface area contributed by atoms with E-state index in [1.54, 1.807) is 25.3 Å². The number of hydrogen-bond acceptors (Lipinski definition) is 3. The zero-order valence-corrected chi connectivity index (χ0v) is 8.46. The van der Waals surface area contributed by atoms with Crippen LogP contribution < -0.4 is 0 Å². The maximum Gasteiger partial charge on any atom is 0.0894 e. The van der Waals surface area contributed by atoms with Crippen molar-refractivity contribution in [3.05, 3.63) is 42.2 Å². The summed E-state index contributed by atoms with van der Waals surface area (Å²) in [7, 11) is 0. The first-order valence-electron chi connectivity index (χ1n) is 4.84. The zero-order valence-electron chi connectivity index (χ0n) is 8.46. The van der Waals surface area contributed by atoms with Gasteiger partial charge in [0.1, 0.15) is 0 Å². The summed E-state index contributed by atoms with van der Waals surface area (Å²) in [6, 6.07) is 7.70. The molecule has 1 N–H and O–H groups in total. The van der Waals surface area contributed by atoms with E-state index in [2.05, 4.69) is 9.97 Å². The molecule has 0 fully saturated rings. The number of aliphatic hydroxyl groups is 1. The fraction of sp³-hybridized carbons (Fsp3) is 0.167. The number of nitrogens with zero attached hydrogens (tertiary/aromatic N) is 2. The summed E-state index contributed by atoms with van der Waals surface area (Å²) < 4.78 is 0. The van der Waals surface area contributed by atoms with E-state index in [-0.39, 0.29) is 0 Å². The van der Waals surface area contributed by atoms with Crippen LogP contribution in [-0.2, 0) is 0 Å². The molecule has 1 atom stereocenters. The Morgan fingerprint density at radius 1 is 1.27 bits per heavy atom. The van der Waals surface area contributed by atoms with Crippen molar-refractivity contribution in [1.29, 1.82) is 0 Å². The van der Waals surface area contributed by atoms with Crippen LogP contribution in [0.4, 0.5) is 0 Å². The van der Waals surface area contributed by atoms with E-state index in [9.17, 15) is 0 Å². The first-order valence-corrected chi connectivity index (χ1v) is 4.84. The summed E-state index contributed by atoms with van der Waals surface area (Å²) in [5.74, 6) is 0. The zero-order chi connectivity index (χ0) is 10.7. The lowest BCUT2D eigenvalue weighted by Gasteiger charge is -1.98. The smallest absolute Gasteiger partial charge is 0.0894 e. The maximum atomic E-state index is 9.09. The van der Waals surface area contributed by atoms with Gasteiger partial charge in [0.25, 0.3) is 0 Å². The van der Waals surface area contributed by atoms with Crippen molar-refractivity contribution in [2.75, 3.05) is 0 Å². The summed E-state index contributed by atoms with van der Waals surface area (Å²) in [6.45, 7) is 1.70. The molecule has 0 saturated carbocycles. The first-order chi connectivity index (χ1) is 7.25. The van der Waals surface area contributed by atoms with E-state index in [1.165, 1.54) is 0 Å². The fourth-order valence-corrected chi connectivity index (χ4v) is 1.29. The lowest BCUT2D eigenvalue weighted by Crippen LogP contribution is -1.92. The van der Waals surface area contributed by atoms with Gasteiger partial charge in [-0.25, -0.2) is 4.98 Å². The van der Waals surface area contributed by atoms with Crippen LogP contribution in [0.1, 0.15) is 12.6 Å². The third-order valence-corrected chi connectivity index (χ3v) is 2.01. The van der Waals surface area contributed by atoms with Crippen molar-refractivity contribution in [3.8, 4) is 0 Å². The second-order valence-electron chi connectivity index (χ2n) is 3.38. The van der Waals surface area contributed by atoms with E-state index < -0.39 is 6.10 Å². The van der Waals surface area contributed by atoms with E-state index in [0.717, 1.165) is 16.7 Å². The molecule has 1 unspecified atom stereocenters. The Morgan fingerprint density at radius 3 is 2.73 bits per heavy atom. The standard InChI is InChI=1S/C12H12N2O/c1-9(15)6-7-10-8-13-11-4-2-3-5-12(11)14-10/h2-9,15H,1H3/b7-6+. The van der Waals surface area contributed by atoms with Crippen LogP contribution in [0.3, 0.4) is 0 Å². The molecule has 0 aliphatic heterocycles. The maximum absolute atomic E-state index is 9.09. The van der Waals surface area contributed by atoms with Crippen molar-refractivity contribution in [2.45, 2.75) is 13.0 Å². The Balaban J connectivity index is 2.39. The molecule has 3 nitrogen and oxygen atoms in total. The Kier molecular flexibility index (Phi) is 2.74. The Bertz CT molecular complexity index is 492. The number of para-hydroxylation sites is 2. The third-order valence-electron chi connectivity index (χ3n) is 2.01. The van der Waals surface area contributed by atoms with Crippen LogP contribution in [0.5, 0.6) is 0 Å². The third kappa shape index (κ3) is 2.39. The van der Waals surface area contributed by atoms with Crippen molar-refractivity contribution in [3.63, 3.8) is 0 Å². The van der Waals surface area contributed by atoms with Gasteiger partial charge >= 0.3 is 0 Å². The molecule has 3 heteroatoms. The molecule has 1 heterocycles. The Labute approximate surface area is 88.1 Å². The van der Waals surface area contributed by atoms with Gasteiger partial charge in [-0.1, -0.05) is 18.2 Å². The van der Waals surface area contributed by atoms with Gasteiger partial charge in [0.05, 0.1) is 29.0 Å². The molecule has 1 aromatic carbocycles. The highest BCUT2D eigenvalue weighted by molar-refractivity contribution is 5.74. The van der Waals surface area contributed by atoms with E-state index in [0.29, 0.717) is 0 Å². The molecule has 0 aliphatic rings. The first kappa shape index (κ1) is 9.80. The Morgan fingerprint density at radius 2 is 2.00 bits per heavy atom. The largest absolute Gasteiger partial charge is 0.389 e. The molecule has 0 aliphatic carbocycles. The molecule has 0 radical (unpaired) electrons. The number of aliphatic hydroxyl groups excluding tert-OH is 1. The molecule has 0 amide bonds. The normalized spacial score (nSPS) is 13.5. The second-order valence-corrected chi connectivity index (χ2v) is 3.38. The second kappa shape index (κ2) is 4.19. The van der Waals surface area contributed by atoms with Gasteiger partial charge in [0, 0.05) is 0 Å². The number of benzene rings is 1. The van der Waals surface area contributed by atoms with Gasteiger partial charge in [-0.15, -0.1) is 0 Å². The number of rotatable bonds is 2. The van der Waals surface area contributed by atoms with Crippen LogP contribution in [0.15, 0.2) is 36.5 Å². The predicted octanol–water partition coefficient (Wildman–Crippen LogP) is 2.02. The quantitative estimate of drug-likeness (QED) is 0.806. The molecule has 2 rings (SSSR count). The predicted molar refractivity (Wildman–Crippen MR) is 60.3 cm³/mol. The van der Waals surface area contributed by atoms with Gasteiger partial charge in [-0.3, -0.25) is 4.98 Å². The SMILES string of the molecule is CC(O)/C=C/c1cnc2ccccc2n1. The minimum absolute atomic E-state index is 0.460. The summed E-state index contributed by atoms with van der Waals surface area (Å²) >= 11 is 0. The van der Waals surface area contributed by atoms with Gasteiger partial charge in [-0.05, 0) is 25.1 Å². The lowest BCUT2D eigenvalue weighted by molar-refractivity contribution is 0.245. The molecule has 1 aromatic heterocycles. The summed E-state index contributed by atoms with van der Waals surface area (Å²) in [4.78, 5) is 8.65. The highest BCUT2D eigenvalue weighted by Crippen LogP contribution is 2.09. The van der Waals surface area contributed by atoms with Gasteiger partial charge in [-0.2, -0.15) is 0 Å². The van der Waals surface area contributed by atoms with Gasteiger partial charge in [0.2, 0.25) is 0 Å². The van der Waals surface area contributed by atoms with Crippen LogP contribution >= 0.6 is 0 Å². The molecule has 0 saturated heterocycles. The highest BCUT2D eigenvalue weighted by Gasteiger charge is 1.96. The molecule has 76 valence electrons. The Hall–Kier alpha value is -1.74. The molecule has 2 aromatic rings. The monoisotopic (exact) mass is 200 g/mol. The molecular weight excluding hydrogens is 188 g/mol. The number of fused-ring (bicyclic) bond motifs is 1. The van der Waals surface area contributed by atoms with Crippen molar-refractivity contribution in [2.24, 2.45) is 0 Å². The van der Waals surface area contributed by atoms with E-state index >= 15 is 0 Å². The number of hydrogen-bond donors (Lipinski definition) is 1. The summed E-state index contributed by atoms with van der Waals surface area (Å²) in [5.41, 5.74) is 2.51. The minimum atomic E-state index is -0.460. The molecule has 15 heavy (non-hydrogen) atoms. The minimum Gasteiger partial charge on any atom is -0.389 e. The van der Waals surface area contributed by atoms with E-state index in [4.69, 9.17) is 5.11 Å². The number of aromatic nitrogens is 2. The average Bonchev–Trinajstić information content (AvgIpc) is 2.26. The summed E-state index contributed by atoms with van der Waals surface area (Å²) in [5, 5.41) is 9.09. The van der Waals surface area contributed by atoms with Crippen LogP contribution in [0.2, 0.25) is 0 Å². The van der Waals surface area contributed by atoms with Gasteiger partial charge in [0.15, 0.2) is 0 Å². The fourth-order valence-electron chi connectivity index (χ4n) is 1.29.